The molecule has 0 aliphatic heterocycles. The summed E-state index contributed by atoms with van der Waals surface area (Å²) in [6.07, 6.45) is 6.56. The van der Waals surface area contributed by atoms with Crippen molar-refractivity contribution in [2.45, 2.75) is 64.0 Å². The van der Waals surface area contributed by atoms with Crippen LogP contribution in [-0.4, -0.2) is 30.4 Å². The first-order chi connectivity index (χ1) is 18.9. The molecule has 7 rings (SSSR count). The Morgan fingerprint density at radius 3 is 2.40 bits per heavy atom. The van der Waals surface area contributed by atoms with E-state index in [0.717, 1.165) is 36.8 Å². The van der Waals surface area contributed by atoms with Crippen LogP contribution in [0.1, 0.15) is 56.2 Å². The number of nitrogens with zero attached hydrogens (tertiary/aromatic N) is 5. The number of nitrogens with one attached hydrogen (secondary N) is 1. The lowest BCUT2D eigenvalue weighted by molar-refractivity contribution is -0.389. The van der Waals surface area contributed by atoms with Crippen molar-refractivity contribution in [3.05, 3.63) is 68.0 Å². The molecule has 4 aliphatic rings. The Hall–Kier alpha value is -3.48. The number of aromatic nitrogens is 4. The Morgan fingerprint density at radius 2 is 1.80 bits per heavy atom. The first-order valence-electron chi connectivity index (χ1n) is 12.9. The van der Waals surface area contributed by atoms with Crippen LogP contribution in [0, 0.1) is 57.6 Å². The number of rotatable bonds is 7. The molecule has 2 unspecified atom stereocenters. The van der Waals surface area contributed by atoms with Crippen molar-refractivity contribution in [2.24, 2.45) is 17.3 Å². The minimum absolute atomic E-state index is 0.0314. The van der Waals surface area contributed by atoms with E-state index >= 15 is 0 Å². The number of amides is 1. The Balaban J connectivity index is 1.19. The molecule has 9 nitrogen and oxygen atoms in total. The molecule has 4 saturated carbocycles. The van der Waals surface area contributed by atoms with Crippen LogP contribution in [0.5, 0.6) is 0 Å². The van der Waals surface area contributed by atoms with Crippen LogP contribution in [-0.2, 0) is 16.9 Å². The van der Waals surface area contributed by atoms with Gasteiger partial charge in [0.25, 0.3) is 0 Å². The normalized spacial score (nSPS) is 26.9. The molecule has 0 saturated heterocycles. The molecule has 14 heteroatoms. The number of hydrogen-bond donors (Lipinski definition) is 1. The second kappa shape index (κ2) is 9.28. The molecule has 1 N–H and O–H groups in total. The Labute approximate surface area is 230 Å². The molecule has 1 aromatic carbocycles. The van der Waals surface area contributed by atoms with Crippen LogP contribution < -0.4 is 5.32 Å². The van der Waals surface area contributed by atoms with E-state index < -0.39 is 45.8 Å². The van der Waals surface area contributed by atoms with Gasteiger partial charge in [-0.1, -0.05) is 11.6 Å². The summed E-state index contributed by atoms with van der Waals surface area (Å²) in [5, 5.41) is 22.6. The topological polar surface area (TPSA) is 108 Å². The SMILES string of the molecule is Cc1c(Cl)c([N+](=O)[O-])nn1C12CC3CC(CC(CC(=O)Nc4ccn(Cc5c(F)c(F)cc(F)c5F)n4)(C3)C1)C2. The van der Waals surface area contributed by atoms with Crippen LogP contribution in [0.3, 0.4) is 0 Å². The van der Waals surface area contributed by atoms with Gasteiger partial charge in [0.1, 0.15) is 0 Å². The molecule has 0 radical (unpaired) electrons. The van der Waals surface area contributed by atoms with E-state index in [4.69, 9.17) is 11.6 Å². The van der Waals surface area contributed by atoms with Crippen LogP contribution in [0.2, 0.25) is 5.02 Å². The highest BCUT2D eigenvalue weighted by atomic mass is 35.5. The molecule has 4 bridgehead atoms. The number of carbonyl (C=O) groups excluding carboxylic acids is 1. The lowest BCUT2D eigenvalue weighted by Gasteiger charge is -2.61. The zero-order chi connectivity index (χ0) is 28.6. The molecule has 3 aromatic rings. The van der Waals surface area contributed by atoms with Gasteiger partial charge in [-0.25, -0.2) is 17.6 Å². The summed E-state index contributed by atoms with van der Waals surface area (Å²) in [7, 11) is 0. The average molecular weight is 581 g/mol. The van der Waals surface area contributed by atoms with Crippen molar-refractivity contribution in [1.82, 2.24) is 19.6 Å². The fraction of sp³-hybridized carbons (Fsp3) is 0.500. The first-order valence-corrected chi connectivity index (χ1v) is 13.3. The van der Waals surface area contributed by atoms with Gasteiger partial charge in [-0.15, -0.1) is 0 Å². The summed E-state index contributed by atoms with van der Waals surface area (Å²) in [4.78, 5) is 24.1. The van der Waals surface area contributed by atoms with Crippen LogP contribution in [0.4, 0.5) is 29.2 Å². The van der Waals surface area contributed by atoms with Gasteiger partial charge in [-0.05, 0) is 67.6 Å². The van der Waals surface area contributed by atoms with Gasteiger partial charge in [-0.2, -0.15) is 9.78 Å². The summed E-state index contributed by atoms with van der Waals surface area (Å²) < 4.78 is 58.0. The van der Waals surface area contributed by atoms with Gasteiger partial charge in [0.05, 0.1) is 28.4 Å². The smallest absolute Gasteiger partial charge is 0.358 e. The fourth-order valence-corrected chi connectivity index (χ4v) is 8.06. The zero-order valence-corrected chi connectivity index (χ0v) is 22.2. The van der Waals surface area contributed by atoms with Crippen molar-refractivity contribution in [2.75, 3.05) is 5.32 Å². The number of hydrogen-bond acceptors (Lipinski definition) is 5. The summed E-state index contributed by atoms with van der Waals surface area (Å²) >= 11 is 6.27. The molecular weight excluding hydrogens is 556 g/mol. The third kappa shape index (κ3) is 4.34. The fourth-order valence-electron chi connectivity index (χ4n) is 7.87. The predicted octanol–water partition coefficient (Wildman–Crippen LogP) is 5.88. The second-order valence-corrected chi connectivity index (χ2v) is 12.0. The molecule has 2 heterocycles. The van der Waals surface area contributed by atoms with Crippen LogP contribution in [0.25, 0.3) is 0 Å². The average Bonchev–Trinajstić information content (AvgIpc) is 3.43. The van der Waals surface area contributed by atoms with E-state index in [0.29, 0.717) is 24.0 Å². The zero-order valence-electron chi connectivity index (χ0n) is 21.4. The molecule has 40 heavy (non-hydrogen) atoms. The maximum absolute atomic E-state index is 14.1. The number of benzene rings is 1. The monoisotopic (exact) mass is 580 g/mol. The van der Waals surface area contributed by atoms with Gasteiger partial charge < -0.3 is 15.4 Å². The molecule has 4 aliphatic carbocycles. The summed E-state index contributed by atoms with van der Waals surface area (Å²) in [6, 6.07) is 1.57. The van der Waals surface area contributed by atoms with Crippen molar-refractivity contribution in [1.29, 1.82) is 0 Å². The van der Waals surface area contributed by atoms with Crippen LogP contribution in [0.15, 0.2) is 18.3 Å². The molecule has 2 atom stereocenters. The standard InChI is InChI=1S/C26H25ClF4N6O3/c1-13-21(27)24(37(39)40)34-36(13)26-8-14-4-15(9-26)7-25(6-14,12-26)10-20(38)32-19-2-3-35(33-19)11-16-22(30)17(28)5-18(29)23(16)31/h2-3,5,14-15H,4,6-12H2,1H3,(H,32,33,38). The molecule has 212 valence electrons. The summed E-state index contributed by atoms with van der Waals surface area (Å²) in [6.45, 7) is 1.16. The van der Waals surface area contributed by atoms with Gasteiger partial charge in [-0.3, -0.25) is 9.48 Å². The van der Waals surface area contributed by atoms with E-state index in [1.807, 2.05) is 0 Å². The van der Waals surface area contributed by atoms with Crippen molar-refractivity contribution in [3.8, 4) is 0 Å². The second-order valence-electron chi connectivity index (χ2n) is 11.6. The van der Waals surface area contributed by atoms with E-state index in [1.165, 1.54) is 12.3 Å². The third-order valence-electron chi connectivity index (χ3n) is 8.77. The number of carbonyl (C=O) groups is 1. The van der Waals surface area contributed by atoms with E-state index in [-0.39, 0.29) is 40.5 Å². The highest BCUT2D eigenvalue weighted by Crippen LogP contribution is 2.65. The number of halogens is 5. The molecule has 0 spiro atoms. The van der Waals surface area contributed by atoms with Crippen molar-refractivity contribution >= 4 is 29.1 Å². The quantitative estimate of drug-likeness (QED) is 0.163. The Bertz CT molecular complexity index is 1520. The summed E-state index contributed by atoms with van der Waals surface area (Å²) in [5.41, 5.74) is -1.05. The Kier molecular flexibility index (Phi) is 6.20. The lowest BCUT2D eigenvalue weighted by Crippen LogP contribution is -2.57. The molecule has 2 aromatic heterocycles. The third-order valence-corrected chi connectivity index (χ3v) is 9.21. The maximum Gasteiger partial charge on any atom is 0.408 e. The summed E-state index contributed by atoms with van der Waals surface area (Å²) in [5.74, 6) is -5.85. The number of anilines is 1. The Morgan fingerprint density at radius 1 is 1.15 bits per heavy atom. The number of nitro groups is 1. The van der Waals surface area contributed by atoms with Crippen LogP contribution >= 0.6 is 11.6 Å². The van der Waals surface area contributed by atoms with E-state index in [2.05, 4.69) is 15.5 Å². The highest BCUT2D eigenvalue weighted by molar-refractivity contribution is 6.33. The maximum atomic E-state index is 14.1. The van der Waals surface area contributed by atoms with E-state index in [9.17, 15) is 32.5 Å². The van der Waals surface area contributed by atoms with Gasteiger partial charge in [0.15, 0.2) is 34.1 Å². The van der Waals surface area contributed by atoms with Gasteiger partial charge in [0.2, 0.25) is 5.91 Å². The van der Waals surface area contributed by atoms with Crippen molar-refractivity contribution < 1.29 is 27.3 Å². The molecule has 1 amide bonds. The molecule has 4 fully saturated rings. The van der Waals surface area contributed by atoms with Gasteiger partial charge >= 0.3 is 5.82 Å². The van der Waals surface area contributed by atoms with Crippen molar-refractivity contribution in [3.63, 3.8) is 0 Å². The van der Waals surface area contributed by atoms with Gasteiger partial charge in [0, 0.05) is 24.8 Å². The first kappa shape index (κ1) is 26.7. The minimum atomic E-state index is -1.51. The highest BCUT2D eigenvalue weighted by Gasteiger charge is 2.61. The lowest BCUT2D eigenvalue weighted by atomic mass is 9.46. The predicted molar refractivity (Wildman–Crippen MR) is 135 cm³/mol. The van der Waals surface area contributed by atoms with E-state index in [1.54, 1.807) is 11.6 Å². The minimum Gasteiger partial charge on any atom is -0.358 e. The molecular formula is C26H25ClF4N6O3. The largest absolute Gasteiger partial charge is 0.408 e.